The molecule has 1 amide bonds. The number of hydrogen-bond acceptors (Lipinski definition) is 10. The minimum absolute atomic E-state index is 0.0944. The van der Waals surface area contributed by atoms with Crippen molar-refractivity contribution in [2.75, 3.05) is 24.7 Å². The van der Waals surface area contributed by atoms with E-state index in [1.807, 2.05) is 0 Å². The number of piperidine rings is 1. The summed E-state index contributed by atoms with van der Waals surface area (Å²) < 4.78 is 30.5. The number of anilines is 1. The highest BCUT2D eigenvalue weighted by Gasteiger charge is 2.55. The lowest BCUT2D eigenvalue weighted by molar-refractivity contribution is -0.129. The monoisotopic (exact) mass is 556 g/mol. The van der Waals surface area contributed by atoms with Gasteiger partial charge in [0.1, 0.15) is 5.52 Å². The van der Waals surface area contributed by atoms with E-state index in [1.165, 1.54) is 10.6 Å². The van der Waals surface area contributed by atoms with Crippen molar-refractivity contribution < 1.29 is 22.8 Å². The highest BCUT2D eigenvalue weighted by Crippen LogP contribution is 2.56. The Bertz CT molecular complexity index is 1510. The molecule has 5 aliphatic rings. The molecule has 1 aliphatic heterocycles. The Kier molecular flexibility index (Phi) is 5.72. The van der Waals surface area contributed by atoms with Crippen LogP contribution in [-0.4, -0.2) is 85.9 Å². The molecule has 0 aromatic carbocycles. The number of sulfonamides is 1. The standard InChI is InChI=1S/C25H32N8O5S/c1-39(36,37)33-4-2-16(3-5-33)29-23(34)22-31-24(38-32-22)17-11-26-21-20(27-12-28-21)19(17)30-18-14-6-13-7-15(18)10-25(35,8-13)9-14/h11-16,18,35H,2-10H2,1H3,(H,29,34)(H2,26,27,28,30)/t13?,14-,15+,18?,25?. The van der Waals surface area contributed by atoms with Crippen LogP contribution >= 0.6 is 0 Å². The molecule has 4 bridgehead atoms. The molecule has 3 aromatic heterocycles. The highest BCUT2D eigenvalue weighted by atomic mass is 32.2. The summed E-state index contributed by atoms with van der Waals surface area (Å²) >= 11 is 0. The minimum atomic E-state index is -3.24. The van der Waals surface area contributed by atoms with Crippen LogP contribution in [0.5, 0.6) is 0 Å². The fraction of sp³-hybridized carbons (Fsp3) is 0.640. The topological polar surface area (TPSA) is 179 Å². The fourth-order valence-corrected chi connectivity index (χ4v) is 8.47. The van der Waals surface area contributed by atoms with Gasteiger partial charge in [-0.2, -0.15) is 4.98 Å². The van der Waals surface area contributed by atoms with Crippen molar-refractivity contribution in [3.8, 4) is 11.5 Å². The van der Waals surface area contributed by atoms with E-state index in [-0.39, 0.29) is 23.8 Å². The molecule has 1 saturated heterocycles. The molecule has 4 aliphatic carbocycles. The molecule has 3 aromatic rings. The number of nitrogens with zero attached hydrogens (tertiary/aromatic N) is 5. The Labute approximate surface area is 225 Å². The Morgan fingerprint density at radius 1 is 1.18 bits per heavy atom. The van der Waals surface area contributed by atoms with Crippen LogP contribution in [0.3, 0.4) is 0 Å². The van der Waals surface area contributed by atoms with E-state index in [0.717, 1.165) is 43.3 Å². The molecule has 8 rings (SSSR count). The van der Waals surface area contributed by atoms with Crippen molar-refractivity contribution in [1.29, 1.82) is 0 Å². The molecule has 0 spiro atoms. The van der Waals surface area contributed by atoms with Crippen LogP contribution in [0.4, 0.5) is 5.69 Å². The number of aliphatic hydroxyl groups is 1. The molecule has 5 atom stereocenters. The van der Waals surface area contributed by atoms with E-state index in [0.29, 0.717) is 54.9 Å². The van der Waals surface area contributed by atoms with Crippen LogP contribution in [0.2, 0.25) is 0 Å². The van der Waals surface area contributed by atoms with Gasteiger partial charge < -0.3 is 25.2 Å². The molecule has 0 radical (unpaired) electrons. The number of hydrogen-bond donors (Lipinski definition) is 4. The number of amides is 1. The quantitative estimate of drug-likeness (QED) is 0.348. The van der Waals surface area contributed by atoms with Gasteiger partial charge in [-0.25, -0.2) is 22.7 Å². The van der Waals surface area contributed by atoms with Gasteiger partial charge in [0.25, 0.3) is 17.6 Å². The molecule has 13 nitrogen and oxygen atoms in total. The maximum absolute atomic E-state index is 12.9. The van der Waals surface area contributed by atoms with Crippen molar-refractivity contribution in [2.45, 2.75) is 62.6 Å². The molecule has 5 fully saturated rings. The molecular weight excluding hydrogens is 524 g/mol. The molecule has 39 heavy (non-hydrogen) atoms. The number of rotatable bonds is 6. The van der Waals surface area contributed by atoms with Crippen LogP contribution in [0, 0.1) is 17.8 Å². The lowest BCUT2D eigenvalue weighted by atomic mass is 9.52. The number of carbonyl (C=O) groups excluding carboxylic acids is 1. The number of imidazole rings is 1. The van der Waals surface area contributed by atoms with Gasteiger partial charge in [0.2, 0.25) is 10.0 Å². The second kappa shape index (κ2) is 8.96. The first-order valence-corrected chi connectivity index (χ1v) is 15.4. The predicted molar refractivity (Wildman–Crippen MR) is 140 cm³/mol. The second-order valence-electron chi connectivity index (χ2n) is 11.8. The molecule has 4 N–H and O–H groups in total. The van der Waals surface area contributed by atoms with Gasteiger partial charge >= 0.3 is 0 Å². The zero-order valence-electron chi connectivity index (χ0n) is 21.6. The van der Waals surface area contributed by atoms with E-state index < -0.39 is 21.5 Å². The summed E-state index contributed by atoms with van der Waals surface area (Å²) in [5.74, 6) is 0.938. The van der Waals surface area contributed by atoms with Gasteiger partial charge in [-0.05, 0) is 62.7 Å². The molecular formula is C25H32N8O5S. The first-order chi connectivity index (χ1) is 18.6. The first kappa shape index (κ1) is 24.9. The van der Waals surface area contributed by atoms with Crippen molar-refractivity contribution in [3.63, 3.8) is 0 Å². The third-order valence-corrected chi connectivity index (χ3v) is 10.4. The molecule has 208 valence electrons. The van der Waals surface area contributed by atoms with Crippen molar-refractivity contribution >= 4 is 32.8 Å². The van der Waals surface area contributed by atoms with Gasteiger partial charge in [-0.3, -0.25) is 4.79 Å². The third-order valence-electron chi connectivity index (χ3n) is 9.12. The average Bonchev–Trinajstić information content (AvgIpc) is 3.55. The zero-order valence-corrected chi connectivity index (χ0v) is 22.4. The van der Waals surface area contributed by atoms with Crippen LogP contribution in [0.25, 0.3) is 22.6 Å². The summed E-state index contributed by atoms with van der Waals surface area (Å²) in [6, 6.07) is 0.0161. The number of pyridine rings is 1. The summed E-state index contributed by atoms with van der Waals surface area (Å²) in [6.45, 7) is 0.709. The maximum Gasteiger partial charge on any atom is 0.292 e. The molecule has 3 unspecified atom stereocenters. The number of aromatic nitrogens is 5. The normalized spacial score (nSPS) is 31.1. The minimum Gasteiger partial charge on any atom is -0.390 e. The predicted octanol–water partition coefficient (Wildman–Crippen LogP) is 1.51. The summed E-state index contributed by atoms with van der Waals surface area (Å²) in [5.41, 5.74) is 2.08. The Balaban J connectivity index is 1.12. The largest absolute Gasteiger partial charge is 0.390 e. The van der Waals surface area contributed by atoms with E-state index >= 15 is 0 Å². The lowest BCUT2D eigenvalue weighted by Gasteiger charge is -2.58. The third kappa shape index (κ3) is 4.47. The first-order valence-electron chi connectivity index (χ1n) is 13.6. The van der Waals surface area contributed by atoms with Crippen molar-refractivity contribution in [3.05, 3.63) is 18.3 Å². The smallest absolute Gasteiger partial charge is 0.292 e. The fourth-order valence-electron chi connectivity index (χ4n) is 7.60. The van der Waals surface area contributed by atoms with E-state index in [2.05, 4.69) is 35.7 Å². The van der Waals surface area contributed by atoms with Gasteiger partial charge in [0, 0.05) is 31.4 Å². The maximum atomic E-state index is 12.9. The number of carbonyl (C=O) groups is 1. The molecule has 14 heteroatoms. The summed E-state index contributed by atoms with van der Waals surface area (Å²) in [5, 5.41) is 21.6. The van der Waals surface area contributed by atoms with E-state index in [4.69, 9.17) is 4.52 Å². The van der Waals surface area contributed by atoms with Crippen LogP contribution in [0.1, 0.15) is 55.6 Å². The van der Waals surface area contributed by atoms with E-state index in [1.54, 1.807) is 12.5 Å². The van der Waals surface area contributed by atoms with Crippen molar-refractivity contribution in [1.82, 2.24) is 34.7 Å². The lowest BCUT2D eigenvalue weighted by Crippen LogP contribution is -2.59. The molecule has 4 saturated carbocycles. The van der Waals surface area contributed by atoms with Gasteiger partial charge in [0.05, 0.1) is 29.4 Å². The number of H-pyrrole nitrogens is 1. The second-order valence-corrected chi connectivity index (χ2v) is 13.8. The van der Waals surface area contributed by atoms with Gasteiger partial charge in [0.15, 0.2) is 5.65 Å². The Morgan fingerprint density at radius 2 is 1.92 bits per heavy atom. The van der Waals surface area contributed by atoms with Gasteiger partial charge in [-0.1, -0.05) is 5.16 Å². The molecule has 4 heterocycles. The van der Waals surface area contributed by atoms with Gasteiger partial charge in [-0.15, -0.1) is 0 Å². The highest BCUT2D eigenvalue weighted by molar-refractivity contribution is 7.88. The summed E-state index contributed by atoms with van der Waals surface area (Å²) in [6.07, 6.45) is 10.2. The zero-order chi connectivity index (χ0) is 26.9. The Hall–Kier alpha value is -3.10. The van der Waals surface area contributed by atoms with Crippen molar-refractivity contribution in [2.24, 2.45) is 17.8 Å². The number of fused-ring (bicyclic) bond motifs is 1. The SMILES string of the molecule is CS(=O)(=O)N1CCC(NC(=O)c2noc(-c3cnc4nc[nH]c4c3NC3[C@@H]4CC5C[C@H]3CC(O)(C5)C4)n2)CC1. The van der Waals surface area contributed by atoms with Crippen LogP contribution < -0.4 is 10.6 Å². The number of nitrogens with one attached hydrogen (secondary N) is 3. The summed E-state index contributed by atoms with van der Waals surface area (Å²) in [7, 11) is -3.24. The van der Waals surface area contributed by atoms with Crippen LogP contribution in [-0.2, 0) is 10.0 Å². The average molecular weight is 557 g/mol. The van der Waals surface area contributed by atoms with Crippen LogP contribution in [0.15, 0.2) is 17.0 Å². The van der Waals surface area contributed by atoms with E-state index in [9.17, 15) is 18.3 Å². The summed E-state index contributed by atoms with van der Waals surface area (Å²) in [4.78, 5) is 29.2. The Morgan fingerprint density at radius 3 is 2.62 bits per heavy atom. The number of aromatic amines is 1.